The van der Waals surface area contributed by atoms with Gasteiger partial charge in [-0.3, -0.25) is 4.68 Å². The van der Waals surface area contributed by atoms with Crippen LogP contribution in [0.1, 0.15) is 17.3 Å². The van der Waals surface area contributed by atoms with Crippen LogP contribution < -0.4 is 5.73 Å². The summed E-state index contributed by atoms with van der Waals surface area (Å²) in [6.07, 6.45) is 1.58. The highest BCUT2D eigenvalue weighted by Crippen LogP contribution is 2.26. The van der Waals surface area contributed by atoms with Gasteiger partial charge in [0.25, 0.3) is 0 Å². The quantitative estimate of drug-likeness (QED) is 0.921. The maximum absolute atomic E-state index is 13.3. The SMILES string of the molecule is CN(C)CCn1ncc(Cl)c1C(N)c1cccc(F)c1. The van der Waals surface area contributed by atoms with Crippen LogP contribution in [0.3, 0.4) is 0 Å². The van der Waals surface area contributed by atoms with Crippen molar-refractivity contribution in [3.05, 3.63) is 52.6 Å². The summed E-state index contributed by atoms with van der Waals surface area (Å²) >= 11 is 6.17. The zero-order chi connectivity index (χ0) is 14.7. The second-order valence-corrected chi connectivity index (χ2v) is 5.34. The second kappa shape index (κ2) is 6.35. The van der Waals surface area contributed by atoms with Crippen molar-refractivity contribution in [1.29, 1.82) is 0 Å². The van der Waals surface area contributed by atoms with Crippen molar-refractivity contribution in [3.8, 4) is 0 Å². The molecule has 108 valence electrons. The third-order valence-electron chi connectivity index (χ3n) is 3.09. The zero-order valence-electron chi connectivity index (χ0n) is 11.6. The number of rotatable bonds is 5. The molecule has 0 aliphatic carbocycles. The Morgan fingerprint density at radius 2 is 2.20 bits per heavy atom. The van der Waals surface area contributed by atoms with Crippen LogP contribution in [0, 0.1) is 5.82 Å². The standard InChI is InChI=1S/C14H18ClFN4/c1-19(2)6-7-20-14(12(15)9-18-20)13(17)10-4-3-5-11(16)8-10/h3-5,8-9,13H,6-7,17H2,1-2H3. The maximum atomic E-state index is 13.3. The lowest BCUT2D eigenvalue weighted by molar-refractivity contribution is 0.368. The molecule has 6 heteroatoms. The van der Waals surface area contributed by atoms with Crippen molar-refractivity contribution in [2.75, 3.05) is 20.6 Å². The van der Waals surface area contributed by atoms with Crippen LogP contribution in [0.4, 0.5) is 4.39 Å². The highest BCUT2D eigenvalue weighted by Gasteiger charge is 2.19. The van der Waals surface area contributed by atoms with Gasteiger partial charge in [0.2, 0.25) is 0 Å². The van der Waals surface area contributed by atoms with Gasteiger partial charge in [0.1, 0.15) is 5.82 Å². The van der Waals surface area contributed by atoms with Gasteiger partial charge in [-0.05, 0) is 31.8 Å². The fourth-order valence-corrected chi connectivity index (χ4v) is 2.27. The van der Waals surface area contributed by atoms with E-state index in [0.29, 0.717) is 22.8 Å². The van der Waals surface area contributed by atoms with Crippen LogP contribution >= 0.6 is 11.6 Å². The molecular weight excluding hydrogens is 279 g/mol. The van der Waals surface area contributed by atoms with Gasteiger partial charge in [0.15, 0.2) is 0 Å². The Morgan fingerprint density at radius 1 is 1.45 bits per heavy atom. The highest BCUT2D eigenvalue weighted by atomic mass is 35.5. The van der Waals surface area contributed by atoms with Gasteiger partial charge in [0.05, 0.1) is 29.5 Å². The average molecular weight is 297 g/mol. The summed E-state index contributed by atoms with van der Waals surface area (Å²) < 4.78 is 15.1. The van der Waals surface area contributed by atoms with E-state index in [9.17, 15) is 4.39 Å². The first-order valence-electron chi connectivity index (χ1n) is 6.36. The number of likely N-dealkylation sites (N-methyl/N-ethyl adjacent to an activating group) is 1. The van der Waals surface area contributed by atoms with E-state index in [-0.39, 0.29) is 5.82 Å². The van der Waals surface area contributed by atoms with Gasteiger partial charge in [-0.25, -0.2) is 4.39 Å². The topological polar surface area (TPSA) is 47.1 Å². The number of halogens is 2. The Bertz CT molecular complexity index is 582. The normalized spacial score (nSPS) is 12.9. The molecular formula is C14H18ClFN4. The van der Waals surface area contributed by atoms with Gasteiger partial charge < -0.3 is 10.6 Å². The monoisotopic (exact) mass is 296 g/mol. The number of benzene rings is 1. The number of nitrogens with two attached hydrogens (primary N) is 1. The minimum Gasteiger partial charge on any atom is -0.319 e. The molecule has 1 aromatic heterocycles. The van der Waals surface area contributed by atoms with E-state index in [1.165, 1.54) is 12.1 Å². The molecule has 0 aliphatic heterocycles. The largest absolute Gasteiger partial charge is 0.319 e. The predicted octanol–water partition coefficient (Wildman–Crippen LogP) is 2.29. The molecule has 1 heterocycles. The molecule has 1 unspecified atom stereocenters. The number of hydrogen-bond donors (Lipinski definition) is 1. The van der Waals surface area contributed by atoms with Crippen LogP contribution in [0.5, 0.6) is 0 Å². The summed E-state index contributed by atoms with van der Waals surface area (Å²) in [5.74, 6) is -0.312. The molecule has 2 N–H and O–H groups in total. The van der Waals surface area contributed by atoms with E-state index < -0.39 is 6.04 Å². The molecule has 0 bridgehead atoms. The minimum atomic E-state index is -0.497. The van der Waals surface area contributed by atoms with Gasteiger partial charge >= 0.3 is 0 Å². The molecule has 0 amide bonds. The van der Waals surface area contributed by atoms with Crippen LogP contribution in [0.2, 0.25) is 5.02 Å². The van der Waals surface area contributed by atoms with E-state index in [0.717, 1.165) is 6.54 Å². The Labute approximate surface area is 122 Å². The minimum absolute atomic E-state index is 0.312. The summed E-state index contributed by atoms with van der Waals surface area (Å²) in [5.41, 5.74) is 7.60. The van der Waals surface area contributed by atoms with Gasteiger partial charge in [0, 0.05) is 6.54 Å². The Morgan fingerprint density at radius 3 is 2.85 bits per heavy atom. The molecule has 0 aliphatic rings. The highest BCUT2D eigenvalue weighted by molar-refractivity contribution is 6.31. The van der Waals surface area contributed by atoms with E-state index in [1.807, 2.05) is 19.0 Å². The first kappa shape index (κ1) is 15.0. The predicted molar refractivity (Wildman–Crippen MR) is 78.2 cm³/mol. The van der Waals surface area contributed by atoms with Crippen molar-refractivity contribution >= 4 is 11.6 Å². The van der Waals surface area contributed by atoms with E-state index in [1.54, 1.807) is 23.0 Å². The smallest absolute Gasteiger partial charge is 0.123 e. The van der Waals surface area contributed by atoms with Gasteiger partial charge in [-0.1, -0.05) is 23.7 Å². The fraction of sp³-hybridized carbons (Fsp3) is 0.357. The summed E-state index contributed by atoms with van der Waals surface area (Å²) in [5, 5.41) is 4.74. The molecule has 1 aromatic carbocycles. The number of aromatic nitrogens is 2. The number of hydrogen-bond acceptors (Lipinski definition) is 3. The lowest BCUT2D eigenvalue weighted by Gasteiger charge is -2.17. The molecule has 20 heavy (non-hydrogen) atoms. The van der Waals surface area contributed by atoms with Gasteiger partial charge in [-0.2, -0.15) is 5.10 Å². The van der Waals surface area contributed by atoms with Crippen molar-refractivity contribution in [1.82, 2.24) is 14.7 Å². The molecule has 0 fully saturated rings. The third-order valence-corrected chi connectivity index (χ3v) is 3.39. The molecule has 1 atom stereocenters. The fourth-order valence-electron chi connectivity index (χ4n) is 2.01. The molecule has 4 nitrogen and oxygen atoms in total. The van der Waals surface area contributed by atoms with Crippen molar-refractivity contribution in [2.45, 2.75) is 12.6 Å². The summed E-state index contributed by atoms with van der Waals surface area (Å²) in [6.45, 7) is 1.50. The van der Waals surface area contributed by atoms with Crippen LogP contribution in [0.25, 0.3) is 0 Å². The third kappa shape index (κ3) is 3.36. The molecule has 2 rings (SSSR count). The van der Waals surface area contributed by atoms with E-state index in [2.05, 4.69) is 5.10 Å². The lowest BCUT2D eigenvalue weighted by atomic mass is 10.0. The molecule has 2 aromatic rings. The van der Waals surface area contributed by atoms with Crippen molar-refractivity contribution < 1.29 is 4.39 Å². The lowest BCUT2D eigenvalue weighted by Crippen LogP contribution is -2.23. The van der Waals surface area contributed by atoms with Crippen LogP contribution in [-0.2, 0) is 6.54 Å². The molecule has 0 saturated heterocycles. The number of nitrogens with zero attached hydrogens (tertiary/aromatic N) is 3. The van der Waals surface area contributed by atoms with E-state index >= 15 is 0 Å². The molecule has 0 saturated carbocycles. The average Bonchev–Trinajstić information content (AvgIpc) is 2.76. The summed E-state index contributed by atoms with van der Waals surface area (Å²) in [6, 6.07) is 5.74. The van der Waals surface area contributed by atoms with Crippen LogP contribution in [0.15, 0.2) is 30.5 Å². The van der Waals surface area contributed by atoms with Gasteiger partial charge in [-0.15, -0.1) is 0 Å². The maximum Gasteiger partial charge on any atom is 0.123 e. The molecule has 0 radical (unpaired) electrons. The Kier molecular flexibility index (Phi) is 4.75. The molecule has 0 spiro atoms. The first-order valence-corrected chi connectivity index (χ1v) is 6.74. The Hall–Kier alpha value is -1.43. The van der Waals surface area contributed by atoms with E-state index in [4.69, 9.17) is 17.3 Å². The first-order chi connectivity index (χ1) is 9.49. The van der Waals surface area contributed by atoms with Crippen molar-refractivity contribution in [2.24, 2.45) is 5.73 Å². The summed E-state index contributed by atoms with van der Waals surface area (Å²) in [4.78, 5) is 2.05. The second-order valence-electron chi connectivity index (χ2n) is 4.94. The Balaban J connectivity index is 2.29. The van der Waals surface area contributed by atoms with Crippen molar-refractivity contribution in [3.63, 3.8) is 0 Å². The zero-order valence-corrected chi connectivity index (χ0v) is 12.3. The van der Waals surface area contributed by atoms with Crippen LogP contribution in [-0.4, -0.2) is 35.3 Å². The summed E-state index contributed by atoms with van der Waals surface area (Å²) in [7, 11) is 3.97.